The fraction of sp³-hybridized carbons (Fsp3) is 0.350. The number of benzene rings is 2. The van der Waals surface area contributed by atoms with Crippen molar-refractivity contribution < 1.29 is 27.4 Å². The molecule has 1 atom stereocenters. The van der Waals surface area contributed by atoms with E-state index in [0.29, 0.717) is 29.4 Å². The van der Waals surface area contributed by atoms with Crippen molar-refractivity contribution in [2.45, 2.75) is 31.9 Å². The molecule has 0 aromatic heterocycles. The molecule has 0 spiro atoms. The van der Waals surface area contributed by atoms with Crippen LogP contribution in [-0.2, 0) is 11.3 Å². The van der Waals surface area contributed by atoms with E-state index in [1.807, 2.05) is 0 Å². The normalized spacial score (nSPS) is 17.1. The molecule has 0 unspecified atom stereocenters. The van der Waals surface area contributed by atoms with Gasteiger partial charge in [0.1, 0.15) is 5.75 Å². The van der Waals surface area contributed by atoms with Gasteiger partial charge in [-0.25, -0.2) is 4.79 Å². The fourth-order valence-corrected chi connectivity index (χ4v) is 3.26. The van der Waals surface area contributed by atoms with Crippen molar-refractivity contribution in [3.05, 3.63) is 59.1 Å². The lowest BCUT2D eigenvalue weighted by Crippen LogP contribution is -2.45. The second-order valence-corrected chi connectivity index (χ2v) is 7.09. The van der Waals surface area contributed by atoms with E-state index in [-0.39, 0.29) is 24.5 Å². The van der Waals surface area contributed by atoms with Crippen LogP contribution in [0.1, 0.15) is 18.4 Å². The molecule has 2 amide bonds. The number of anilines is 1. The standard InChI is InChI=1S/C20H20ClF3N2O3/c21-15-5-2-6-16(11-15)25-19(27)26-9-3-8-18(12-26)28-13-14-4-1-7-17(10-14)29-20(22,23)24/h1-2,4-7,10-11,18H,3,8-9,12-13H2,(H,25,27)/t18-/m1/s1. The molecule has 0 radical (unpaired) electrons. The Morgan fingerprint density at radius 2 is 2.00 bits per heavy atom. The molecular weight excluding hydrogens is 409 g/mol. The van der Waals surface area contributed by atoms with Crippen LogP contribution in [0.3, 0.4) is 0 Å². The number of nitrogens with one attached hydrogen (secondary N) is 1. The molecule has 0 aliphatic carbocycles. The Hall–Kier alpha value is -2.45. The Morgan fingerprint density at radius 1 is 1.21 bits per heavy atom. The lowest BCUT2D eigenvalue weighted by Gasteiger charge is -2.32. The zero-order chi connectivity index (χ0) is 20.9. The molecule has 1 saturated heterocycles. The van der Waals surface area contributed by atoms with Gasteiger partial charge in [-0.1, -0.05) is 29.8 Å². The minimum atomic E-state index is -4.74. The van der Waals surface area contributed by atoms with Crippen molar-refractivity contribution in [3.8, 4) is 5.75 Å². The van der Waals surface area contributed by atoms with Gasteiger partial charge in [0.05, 0.1) is 12.7 Å². The van der Waals surface area contributed by atoms with Crippen LogP contribution in [0.2, 0.25) is 5.02 Å². The highest BCUT2D eigenvalue weighted by molar-refractivity contribution is 6.30. The van der Waals surface area contributed by atoms with Gasteiger partial charge in [0.15, 0.2) is 0 Å². The van der Waals surface area contributed by atoms with E-state index in [9.17, 15) is 18.0 Å². The van der Waals surface area contributed by atoms with Crippen molar-refractivity contribution in [1.29, 1.82) is 0 Å². The summed E-state index contributed by atoms with van der Waals surface area (Å²) in [6.45, 7) is 1.12. The summed E-state index contributed by atoms with van der Waals surface area (Å²) in [4.78, 5) is 14.1. The van der Waals surface area contributed by atoms with Gasteiger partial charge in [-0.2, -0.15) is 0 Å². The van der Waals surface area contributed by atoms with E-state index < -0.39 is 6.36 Å². The van der Waals surface area contributed by atoms with Gasteiger partial charge in [0, 0.05) is 23.8 Å². The van der Waals surface area contributed by atoms with Crippen LogP contribution in [0, 0.1) is 0 Å². The number of hydrogen-bond acceptors (Lipinski definition) is 3. The summed E-state index contributed by atoms with van der Waals surface area (Å²) < 4.78 is 46.8. The molecule has 0 bridgehead atoms. The van der Waals surface area contributed by atoms with E-state index in [1.54, 1.807) is 35.2 Å². The Balaban J connectivity index is 1.52. The first-order chi connectivity index (χ1) is 13.8. The summed E-state index contributed by atoms with van der Waals surface area (Å²) in [5.74, 6) is -0.287. The van der Waals surface area contributed by atoms with Crippen molar-refractivity contribution in [3.63, 3.8) is 0 Å². The third-order valence-corrected chi connectivity index (χ3v) is 4.59. The molecule has 1 aliphatic heterocycles. The Kier molecular flexibility index (Phi) is 6.87. The maximum atomic E-state index is 12.5. The molecule has 3 rings (SSSR count). The smallest absolute Gasteiger partial charge is 0.406 e. The van der Waals surface area contributed by atoms with E-state index in [4.69, 9.17) is 16.3 Å². The average molecular weight is 429 g/mol. The summed E-state index contributed by atoms with van der Waals surface area (Å²) in [5, 5.41) is 3.33. The summed E-state index contributed by atoms with van der Waals surface area (Å²) in [7, 11) is 0. The molecule has 1 heterocycles. The van der Waals surface area contributed by atoms with E-state index in [2.05, 4.69) is 10.1 Å². The topological polar surface area (TPSA) is 50.8 Å². The summed E-state index contributed by atoms with van der Waals surface area (Å²) in [6.07, 6.45) is -3.41. The fourth-order valence-electron chi connectivity index (χ4n) is 3.07. The molecule has 29 heavy (non-hydrogen) atoms. The quantitative estimate of drug-likeness (QED) is 0.688. The number of piperidine rings is 1. The third kappa shape index (κ3) is 6.83. The second-order valence-electron chi connectivity index (χ2n) is 6.66. The molecular formula is C20H20ClF3N2O3. The largest absolute Gasteiger partial charge is 0.573 e. The highest BCUT2D eigenvalue weighted by atomic mass is 35.5. The van der Waals surface area contributed by atoms with Gasteiger partial charge in [-0.3, -0.25) is 0 Å². The van der Waals surface area contributed by atoms with Crippen molar-refractivity contribution in [2.75, 3.05) is 18.4 Å². The van der Waals surface area contributed by atoms with Gasteiger partial charge in [0.25, 0.3) is 0 Å². The molecule has 1 N–H and O–H groups in total. The molecule has 2 aromatic carbocycles. The number of alkyl halides is 3. The lowest BCUT2D eigenvalue weighted by atomic mass is 10.1. The van der Waals surface area contributed by atoms with Crippen molar-refractivity contribution in [2.24, 2.45) is 0 Å². The lowest BCUT2D eigenvalue weighted by molar-refractivity contribution is -0.274. The van der Waals surface area contributed by atoms with Crippen LogP contribution in [0.4, 0.5) is 23.7 Å². The second kappa shape index (κ2) is 9.37. The van der Waals surface area contributed by atoms with Crippen LogP contribution < -0.4 is 10.1 Å². The predicted octanol–water partition coefficient (Wildman–Crippen LogP) is 5.45. The number of carbonyl (C=O) groups excluding carboxylic acids is 1. The number of ether oxygens (including phenoxy) is 2. The molecule has 156 valence electrons. The minimum Gasteiger partial charge on any atom is -0.406 e. The number of urea groups is 1. The first kappa shape index (κ1) is 21.3. The van der Waals surface area contributed by atoms with Crippen LogP contribution in [-0.4, -0.2) is 36.5 Å². The van der Waals surface area contributed by atoms with E-state index in [1.165, 1.54) is 18.2 Å². The third-order valence-electron chi connectivity index (χ3n) is 4.36. The number of likely N-dealkylation sites (tertiary alicyclic amines) is 1. The molecule has 9 heteroatoms. The van der Waals surface area contributed by atoms with Gasteiger partial charge in [-0.15, -0.1) is 13.2 Å². The summed E-state index contributed by atoms with van der Waals surface area (Å²) in [5.41, 5.74) is 1.17. The van der Waals surface area contributed by atoms with Crippen LogP contribution in [0.15, 0.2) is 48.5 Å². The van der Waals surface area contributed by atoms with Gasteiger partial charge < -0.3 is 19.7 Å². The number of nitrogens with zero attached hydrogens (tertiary/aromatic N) is 1. The number of halogens is 4. The maximum Gasteiger partial charge on any atom is 0.573 e. The van der Waals surface area contributed by atoms with Crippen molar-refractivity contribution in [1.82, 2.24) is 4.90 Å². The van der Waals surface area contributed by atoms with E-state index >= 15 is 0 Å². The number of rotatable bonds is 5. The zero-order valence-electron chi connectivity index (χ0n) is 15.4. The van der Waals surface area contributed by atoms with Crippen LogP contribution in [0.25, 0.3) is 0 Å². The SMILES string of the molecule is O=C(Nc1cccc(Cl)c1)N1CCC[C@@H](OCc2cccc(OC(F)(F)F)c2)C1. The Labute approximate surface area is 171 Å². The molecule has 1 aliphatic rings. The van der Waals surface area contributed by atoms with Crippen molar-refractivity contribution >= 4 is 23.3 Å². The number of carbonyl (C=O) groups is 1. The summed E-state index contributed by atoms with van der Waals surface area (Å²) in [6, 6.07) is 12.3. The highest BCUT2D eigenvalue weighted by Crippen LogP contribution is 2.24. The highest BCUT2D eigenvalue weighted by Gasteiger charge is 2.31. The van der Waals surface area contributed by atoms with Gasteiger partial charge in [0.2, 0.25) is 0 Å². The number of amides is 2. The average Bonchev–Trinajstić information content (AvgIpc) is 2.65. The predicted molar refractivity (Wildman–Crippen MR) is 103 cm³/mol. The molecule has 2 aromatic rings. The first-order valence-electron chi connectivity index (χ1n) is 9.06. The minimum absolute atomic E-state index is 0.128. The zero-order valence-corrected chi connectivity index (χ0v) is 16.2. The maximum absolute atomic E-state index is 12.5. The van der Waals surface area contributed by atoms with Gasteiger partial charge >= 0.3 is 12.4 Å². The van der Waals surface area contributed by atoms with E-state index in [0.717, 1.165) is 12.8 Å². The molecule has 5 nitrogen and oxygen atoms in total. The van der Waals surface area contributed by atoms with Gasteiger partial charge in [-0.05, 0) is 48.7 Å². The summed E-state index contributed by atoms with van der Waals surface area (Å²) >= 11 is 5.93. The Bertz CT molecular complexity index is 848. The number of hydrogen-bond donors (Lipinski definition) is 1. The van der Waals surface area contributed by atoms with Crippen LogP contribution in [0.5, 0.6) is 5.75 Å². The van der Waals surface area contributed by atoms with Crippen LogP contribution >= 0.6 is 11.6 Å². The Morgan fingerprint density at radius 3 is 2.76 bits per heavy atom. The first-order valence-corrected chi connectivity index (χ1v) is 9.44. The monoisotopic (exact) mass is 428 g/mol. The molecule has 0 saturated carbocycles. The molecule has 1 fully saturated rings.